The van der Waals surface area contributed by atoms with Crippen molar-refractivity contribution in [1.82, 2.24) is 5.32 Å². The zero-order valence-electron chi connectivity index (χ0n) is 12.5. The Hall–Kier alpha value is -1.80. The van der Waals surface area contributed by atoms with Gasteiger partial charge in [-0.1, -0.05) is 0 Å². The lowest BCUT2D eigenvalue weighted by atomic mass is 10.1. The van der Waals surface area contributed by atoms with Crippen molar-refractivity contribution in [3.63, 3.8) is 0 Å². The normalized spacial score (nSPS) is 15.2. The molecule has 1 aromatic carbocycles. The minimum absolute atomic E-state index is 0.0261. The maximum atomic E-state index is 12.3. The van der Waals surface area contributed by atoms with Gasteiger partial charge in [0.15, 0.2) is 0 Å². The predicted molar refractivity (Wildman–Crippen MR) is 84.5 cm³/mol. The lowest BCUT2D eigenvalue weighted by Crippen LogP contribution is -2.38. The summed E-state index contributed by atoms with van der Waals surface area (Å²) < 4.78 is 5.12. The number of rotatable bonds is 7. The first-order valence-electron chi connectivity index (χ1n) is 6.92. The molecular formula is C14H19N3O4S. The molecule has 3 N–H and O–H groups in total. The molecule has 0 heterocycles. The number of nitro benzene ring substituents is 1. The Balaban J connectivity index is 2.22. The van der Waals surface area contributed by atoms with Gasteiger partial charge in [0, 0.05) is 12.6 Å². The Labute approximate surface area is 132 Å². The first-order valence-corrected chi connectivity index (χ1v) is 8.14. The molecule has 1 aromatic rings. The van der Waals surface area contributed by atoms with Gasteiger partial charge in [0.05, 0.1) is 23.0 Å². The van der Waals surface area contributed by atoms with Crippen molar-refractivity contribution in [2.45, 2.75) is 23.8 Å². The van der Waals surface area contributed by atoms with Crippen LogP contribution < -0.4 is 15.8 Å². The van der Waals surface area contributed by atoms with Gasteiger partial charge >= 0.3 is 0 Å². The highest BCUT2D eigenvalue weighted by Crippen LogP contribution is 2.34. The van der Waals surface area contributed by atoms with Crippen LogP contribution in [0.3, 0.4) is 0 Å². The van der Waals surface area contributed by atoms with E-state index < -0.39 is 10.8 Å². The lowest BCUT2D eigenvalue weighted by molar-refractivity contribution is -0.385. The van der Waals surface area contributed by atoms with E-state index in [2.05, 4.69) is 5.32 Å². The number of amides is 1. The van der Waals surface area contributed by atoms with E-state index >= 15 is 0 Å². The molecule has 1 amide bonds. The van der Waals surface area contributed by atoms with E-state index in [1.54, 1.807) is 0 Å². The van der Waals surface area contributed by atoms with E-state index in [0.717, 1.165) is 12.8 Å². The molecule has 1 saturated carbocycles. The molecule has 8 heteroatoms. The third-order valence-corrected chi connectivity index (χ3v) is 4.43. The van der Waals surface area contributed by atoms with E-state index in [4.69, 9.17) is 10.5 Å². The van der Waals surface area contributed by atoms with Gasteiger partial charge in [0.25, 0.3) is 11.6 Å². The van der Waals surface area contributed by atoms with Crippen LogP contribution in [0, 0.1) is 16.0 Å². The molecule has 22 heavy (non-hydrogen) atoms. The van der Waals surface area contributed by atoms with E-state index in [1.807, 2.05) is 6.26 Å². The van der Waals surface area contributed by atoms with E-state index in [-0.39, 0.29) is 17.3 Å². The summed E-state index contributed by atoms with van der Waals surface area (Å²) in [6, 6.07) is 2.67. The molecule has 2 rings (SSSR count). The monoisotopic (exact) mass is 325 g/mol. The second-order valence-electron chi connectivity index (χ2n) is 5.19. The topological polar surface area (TPSA) is 107 Å². The van der Waals surface area contributed by atoms with Crippen molar-refractivity contribution < 1.29 is 14.5 Å². The third kappa shape index (κ3) is 3.69. The van der Waals surface area contributed by atoms with Crippen molar-refractivity contribution in [3.8, 4) is 5.75 Å². The number of hydrogen-bond donors (Lipinski definition) is 2. The molecule has 0 saturated heterocycles. The van der Waals surface area contributed by atoms with Crippen LogP contribution in [0.1, 0.15) is 23.2 Å². The van der Waals surface area contributed by atoms with Crippen LogP contribution in [0.2, 0.25) is 0 Å². The lowest BCUT2D eigenvalue weighted by Gasteiger charge is -2.13. The maximum Gasteiger partial charge on any atom is 0.285 e. The van der Waals surface area contributed by atoms with Crippen molar-refractivity contribution >= 4 is 23.4 Å². The zero-order chi connectivity index (χ0) is 16.3. The van der Waals surface area contributed by atoms with Gasteiger partial charge in [-0.3, -0.25) is 14.9 Å². The molecule has 1 unspecified atom stereocenters. The number of methoxy groups -OCH3 is 1. The quantitative estimate of drug-likeness (QED) is 0.449. The highest BCUT2D eigenvalue weighted by Gasteiger charge is 2.29. The molecule has 1 fully saturated rings. The fourth-order valence-corrected chi connectivity index (χ4v) is 2.78. The summed E-state index contributed by atoms with van der Waals surface area (Å²) in [6.45, 7) is 0.321. The standard InChI is InChI=1S/C14H19N3O4S/c1-21-12-6-11(17(19)20)9(5-13(12)22-2)14(18)16-7-10(15)8-3-4-8/h5-6,8,10H,3-4,7,15H2,1-2H3,(H,16,18). The summed E-state index contributed by atoms with van der Waals surface area (Å²) in [5.74, 6) is 0.346. The van der Waals surface area contributed by atoms with Crippen LogP contribution in [0.5, 0.6) is 5.75 Å². The van der Waals surface area contributed by atoms with E-state index in [0.29, 0.717) is 23.1 Å². The van der Waals surface area contributed by atoms with E-state index in [1.165, 1.54) is 31.0 Å². The summed E-state index contributed by atoms with van der Waals surface area (Å²) in [5.41, 5.74) is 5.69. The fourth-order valence-electron chi connectivity index (χ4n) is 2.20. The Bertz CT molecular complexity index is 590. The van der Waals surface area contributed by atoms with Crippen LogP contribution >= 0.6 is 11.8 Å². The van der Waals surface area contributed by atoms with Crippen molar-refractivity contribution in [2.24, 2.45) is 11.7 Å². The number of hydrogen-bond acceptors (Lipinski definition) is 6. The van der Waals surface area contributed by atoms with Gasteiger partial charge in [-0.2, -0.15) is 0 Å². The summed E-state index contributed by atoms with van der Waals surface area (Å²) >= 11 is 1.36. The highest BCUT2D eigenvalue weighted by molar-refractivity contribution is 7.98. The van der Waals surface area contributed by atoms with Gasteiger partial charge in [-0.25, -0.2) is 0 Å². The van der Waals surface area contributed by atoms with E-state index in [9.17, 15) is 14.9 Å². The second-order valence-corrected chi connectivity index (χ2v) is 6.04. The summed E-state index contributed by atoms with van der Waals surface area (Å²) in [7, 11) is 1.44. The molecule has 7 nitrogen and oxygen atoms in total. The summed E-state index contributed by atoms with van der Waals surface area (Å²) in [4.78, 5) is 23.5. The second kappa shape index (κ2) is 6.97. The minimum Gasteiger partial charge on any atom is -0.495 e. The maximum absolute atomic E-state index is 12.3. The molecule has 1 atom stereocenters. The molecule has 0 radical (unpaired) electrons. The van der Waals surface area contributed by atoms with Crippen molar-refractivity contribution in [3.05, 3.63) is 27.8 Å². The average Bonchev–Trinajstić information content (AvgIpc) is 3.35. The largest absolute Gasteiger partial charge is 0.495 e. The number of benzene rings is 1. The summed E-state index contributed by atoms with van der Waals surface area (Å²) in [5, 5.41) is 13.9. The smallest absolute Gasteiger partial charge is 0.285 e. The number of nitro groups is 1. The average molecular weight is 325 g/mol. The van der Waals surface area contributed by atoms with Gasteiger partial charge in [0.2, 0.25) is 0 Å². The van der Waals surface area contributed by atoms with Crippen LogP contribution in [-0.4, -0.2) is 36.8 Å². The first kappa shape index (κ1) is 16.6. The first-order chi connectivity index (χ1) is 10.5. The van der Waals surface area contributed by atoms with Gasteiger partial charge in [0.1, 0.15) is 11.3 Å². The number of carbonyl (C=O) groups excluding carboxylic acids is 1. The highest BCUT2D eigenvalue weighted by atomic mass is 32.2. The number of carbonyl (C=O) groups is 1. The van der Waals surface area contributed by atoms with Gasteiger partial charge < -0.3 is 15.8 Å². The SMILES string of the molecule is COc1cc([N+](=O)[O-])c(C(=O)NCC(N)C2CC2)cc1SC. The number of nitrogens with two attached hydrogens (primary N) is 1. The zero-order valence-corrected chi connectivity index (χ0v) is 13.3. The number of nitrogens with one attached hydrogen (secondary N) is 1. The minimum atomic E-state index is -0.581. The number of thioether (sulfide) groups is 1. The van der Waals surface area contributed by atoms with Crippen molar-refractivity contribution in [2.75, 3.05) is 19.9 Å². The van der Waals surface area contributed by atoms with Crippen LogP contribution in [0.25, 0.3) is 0 Å². The molecule has 0 aliphatic heterocycles. The number of nitrogens with zero attached hydrogens (tertiary/aromatic N) is 1. The molecular weight excluding hydrogens is 306 g/mol. The van der Waals surface area contributed by atoms with Crippen LogP contribution in [-0.2, 0) is 0 Å². The Morgan fingerprint density at radius 1 is 1.59 bits per heavy atom. The fraction of sp³-hybridized carbons (Fsp3) is 0.500. The van der Waals surface area contributed by atoms with Gasteiger partial charge in [-0.15, -0.1) is 11.8 Å². The van der Waals surface area contributed by atoms with Crippen LogP contribution in [0.15, 0.2) is 17.0 Å². The number of ether oxygens (including phenoxy) is 1. The molecule has 1 aliphatic carbocycles. The van der Waals surface area contributed by atoms with Crippen molar-refractivity contribution in [1.29, 1.82) is 0 Å². The van der Waals surface area contributed by atoms with Crippen LogP contribution in [0.4, 0.5) is 5.69 Å². The molecule has 0 spiro atoms. The molecule has 120 valence electrons. The molecule has 0 bridgehead atoms. The Morgan fingerprint density at radius 3 is 2.77 bits per heavy atom. The Morgan fingerprint density at radius 2 is 2.27 bits per heavy atom. The molecule has 0 aromatic heterocycles. The third-order valence-electron chi connectivity index (χ3n) is 3.67. The summed E-state index contributed by atoms with van der Waals surface area (Å²) in [6.07, 6.45) is 3.97. The Kier molecular flexibility index (Phi) is 5.25. The van der Waals surface area contributed by atoms with Gasteiger partial charge in [-0.05, 0) is 31.1 Å². The predicted octanol–water partition coefficient (Wildman–Crippen LogP) is 1.79. The molecule has 1 aliphatic rings.